The summed E-state index contributed by atoms with van der Waals surface area (Å²) in [5.74, 6) is -0.326. The summed E-state index contributed by atoms with van der Waals surface area (Å²) in [5.41, 5.74) is 3.42. The van der Waals surface area contributed by atoms with Gasteiger partial charge in [-0.1, -0.05) is 0 Å². The number of anilines is 3. The Morgan fingerprint density at radius 3 is 2.70 bits per heavy atom. The smallest absolute Gasteiger partial charge is 0.293 e. The molecule has 27 heavy (non-hydrogen) atoms. The molecule has 2 heterocycles. The van der Waals surface area contributed by atoms with Gasteiger partial charge >= 0.3 is 0 Å². The third-order valence-corrected chi connectivity index (χ3v) is 4.67. The number of nitrogens with one attached hydrogen (secondary N) is 2. The van der Waals surface area contributed by atoms with Gasteiger partial charge in [0, 0.05) is 30.9 Å². The second-order valence-corrected chi connectivity index (χ2v) is 7.05. The number of amides is 2. The van der Waals surface area contributed by atoms with Crippen LogP contribution in [0.2, 0.25) is 0 Å². The lowest BCUT2D eigenvalue weighted by molar-refractivity contribution is -0.115. The number of nitrogens with zero attached hydrogens (tertiary/aromatic N) is 2. The molecule has 140 valence electrons. The van der Waals surface area contributed by atoms with Crippen LogP contribution >= 0.6 is 11.3 Å². The van der Waals surface area contributed by atoms with Crippen LogP contribution in [-0.2, 0) is 11.2 Å². The summed E-state index contributed by atoms with van der Waals surface area (Å²) in [4.78, 5) is 30.5. The van der Waals surface area contributed by atoms with Crippen molar-refractivity contribution in [3.8, 4) is 0 Å². The number of hydrogen-bond acceptors (Lipinski definition) is 6. The Bertz CT molecular complexity index is 948. The van der Waals surface area contributed by atoms with Gasteiger partial charge in [0.05, 0.1) is 18.4 Å². The summed E-state index contributed by atoms with van der Waals surface area (Å²) < 4.78 is 5.04. The molecule has 0 bridgehead atoms. The van der Waals surface area contributed by atoms with E-state index >= 15 is 0 Å². The molecule has 2 amide bonds. The Labute approximate surface area is 161 Å². The van der Waals surface area contributed by atoms with Crippen molar-refractivity contribution >= 4 is 39.7 Å². The molecule has 7 nitrogen and oxygen atoms in total. The van der Waals surface area contributed by atoms with E-state index in [0.29, 0.717) is 10.8 Å². The lowest BCUT2D eigenvalue weighted by Gasteiger charge is -2.15. The number of aromatic nitrogens is 1. The van der Waals surface area contributed by atoms with Gasteiger partial charge in [0.25, 0.3) is 5.91 Å². The molecule has 2 aromatic heterocycles. The Balaban J connectivity index is 1.59. The van der Waals surface area contributed by atoms with Crippen LogP contribution in [0.5, 0.6) is 0 Å². The standard InChI is InChI=1S/C19H20N4O3S/c1-12-9-14(23(2)3)6-7-15(12)21-17(24)10-13-11-27-19(20-13)22-18(25)16-5-4-8-26-16/h4-9,11H,10H2,1-3H3,(H,21,24)(H,20,22,25). The van der Waals surface area contributed by atoms with Gasteiger partial charge < -0.3 is 14.6 Å². The molecular weight excluding hydrogens is 364 g/mol. The minimum atomic E-state index is -0.373. The second kappa shape index (κ2) is 8.05. The largest absolute Gasteiger partial charge is 0.459 e. The van der Waals surface area contributed by atoms with Gasteiger partial charge in [-0.25, -0.2) is 4.98 Å². The Morgan fingerprint density at radius 1 is 1.22 bits per heavy atom. The molecule has 0 fully saturated rings. The zero-order valence-corrected chi connectivity index (χ0v) is 16.1. The number of carbonyl (C=O) groups excluding carboxylic acids is 2. The topological polar surface area (TPSA) is 87.5 Å². The number of benzene rings is 1. The van der Waals surface area contributed by atoms with Gasteiger partial charge in [-0.15, -0.1) is 11.3 Å². The SMILES string of the molecule is Cc1cc(N(C)C)ccc1NC(=O)Cc1csc(NC(=O)c2ccco2)n1. The molecule has 0 saturated carbocycles. The summed E-state index contributed by atoms with van der Waals surface area (Å²) in [6, 6.07) is 9.06. The monoisotopic (exact) mass is 384 g/mol. The van der Waals surface area contributed by atoms with E-state index < -0.39 is 0 Å². The van der Waals surface area contributed by atoms with Crippen molar-refractivity contribution in [2.24, 2.45) is 0 Å². The molecule has 0 radical (unpaired) electrons. The Hall–Kier alpha value is -3.13. The van der Waals surface area contributed by atoms with E-state index in [4.69, 9.17) is 4.42 Å². The van der Waals surface area contributed by atoms with Crippen LogP contribution < -0.4 is 15.5 Å². The third kappa shape index (κ3) is 4.73. The molecule has 0 saturated heterocycles. The van der Waals surface area contributed by atoms with E-state index in [9.17, 15) is 9.59 Å². The number of hydrogen-bond donors (Lipinski definition) is 2. The van der Waals surface area contributed by atoms with Crippen LogP contribution in [0.15, 0.2) is 46.4 Å². The van der Waals surface area contributed by atoms with Crippen LogP contribution in [0.4, 0.5) is 16.5 Å². The van der Waals surface area contributed by atoms with Gasteiger partial charge in [0.2, 0.25) is 5.91 Å². The predicted molar refractivity (Wildman–Crippen MR) is 107 cm³/mol. The fraction of sp³-hybridized carbons (Fsp3) is 0.211. The zero-order valence-electron chi connectivity index (χ0n) is 15.3. The second-order valence-electron chi connectivity index (χ2n) is 6.19. The number of aryl methyl sites for hydroxylation is 1. The Morgan fingerprint density at radius 2 is 2.04 bits per heavy atom. The predicted octanol–water partition coefficient (Wildman–Crippen LogP) is 3.54. The molecule has 0 aliphatic carbocycles. The van der Waals surface area contributed by atoms with Gasteiger partial charge in [0.15, 0.2) is 10.9 Å². The fourth-order valence-corrected chi connectivity index (χ4v) is 3.14. The minimum absolute atomic E-state index is 0.127. The average Bonchev–Trinajstić information content (AvgIpc) is 3.28. The van der Waals surface area contributed by atoms with Crippen molar-refractivity contribution in [1.82, 2.24) is 4.98 Å². The molecule has 3 rings (SSSR count). The van der Waals surface area contributed by atoms with Crippen LogP contribution in [0, 0.1) is 6.92 Å². The maximum atomic E-state index is 12.3. The molecular formula is C19H20N4O3S. The quantitative estimate of drug-likeness (QED) is 0.679. The first-order chi connectivity index (χ1) is 12.9. The third-order valence-electron chi connectivity index (χ3n) is 3.86. The van der Waals surface area contributed by atoms with Gasteiger partial charge in [0.1, 0.15) is 0 Å². The number of carbonyl (C=O) groups is 2. The molecule has 8 heteroatoms. The highest BCUT2D eigenvalue weighted by Gasteiger charge is 2.13. The highest BCUT2D eigenvalue weighted by Crippen LogP contribution is 2.22. The van der Waals surface area contributed by atoms with E-state index in [-0.39, 0.29) is 24.0 Å². The van der Waals surface area contributed by atoms with Crippen molar-refractivity contribution in [3.63, 3.8) is 0 Å². The first-order valence-electron chi connectivity index (χ1n) is 8.29. The van der Waals surface area contributed by atoms with Crippen molar-refractivity contribution in [2.75, 3.05) is 29.6 Å². The molecule has 0 unspecified atom stereocenters. The molecule has 0 aliphatic rings. The summed E-state index contributed by atoms with van der Waals surface area (Å²) in [6.45, 7) is 1.95. The lowest BCUT2D eigenvalue weighted by Crippen LogP contribution is -2.16. The van der Waals surface area contributed by atoms with Crippen molar-refractivity contribution in [1.29, 1.82) is 0 Å². The summed E-state index contributed by atoms with van der Waals surface area (Å²) >= 11 is 1.26. The maximum absolute atomic E-state index is 12.3. The highest BCUT2D eigenvalue weighted by atomic mass is 32.1. The van der Waals surface area contributed by atoms with Crippen molar-refractivity contribution < 1.29 is 14.0 Å². The van der Waals surface area contributed by atoms with Crippen LogP contribution in [0.1, 0.15) is 21.8 Å². The van der Waals surface area contributed by atoms with Gasteiger partial charge in [-0.05, 0) is 42.8 Å². The van der Waals surface area contributed by atoms with E-state index in [1.807, 2.05) is 44.1 Å². The normalized spacial score (nSPS) is 10.5. The zero-order chi connectivity index (χ0) is 19.4. The van der Waals surface area contributed by atoms with Crippen molar-refractivity contribution in [3.05, 3.63) is 59.0 Å². The lowest BCUT2D eigenvalue weighted by atomic mass is 10.1. The number of thiazole rings is 1. The summed E-state index contributed by atoms with van der Waals surface area (Å²) in [6.07, 6.45) is 1.56. The molecule has 0 aliphatic heterocycles. The molecule has 1 aromatic carbocycles. The summed E-state index contributed by atoms with van der Waals surface area (Å²) in [7, 11) is 3.94. The molecule has 0 spiro atoms. The molecule has 3 aromatic rings. The van der Waals surface area contributed by atoms with E-state index in [1.165, 1.54) is 17.6 Å². The first-order valence-corrected chi connectivity index (χ1v) is 9.17. The average molecular weight is 384 g/mol. The molecule has 2 N–H and O–H groups in total. The number of furan rings is 1. The maximum Gasteiger partial charge on any atom is 0.293 e. The van der Waals surface area contributed by atoms with Crippen LogP contribution in [0.25, 0.3) is 0 Å². The molecule has 0 atom stereocenters. The highest BCUT2D eigenvalue weighted by molar-refractivity contribution is 7.14. The van der Waals surface area contributed by atoms with Crippen molar-refractivity contribution in [2.45, 2.75) is 13.3 Å². The summed E-state index contributed by atoms with van der Waals surface area (Å²) in [5, 5.41) is 7.73. The van der Waals surface area contributed by atoms with E-state index in [1.54, 1.807) is 17.5 Å². The first kappa shape index (κ1) is 18.7. The van der Waals surface area contributed by atoms with Gasteiger partial charge in [-0.2, -0.15) is 0 Å². The minimum Gasteiger partial charge on any atom is -0.459 e. The Kier molecular flexibility index (Phi) is 5.56. The fourth-order valence-electron chi connectivity index (χ4n) is 2.44. The van der Waals surface area contributed by atoms with E-state index in [0.717, 1.165) is 16.9 Å². The van der Waals surface area contributed by atoms with Gasteiger partial charge in [-0.3, -0.25) is 14.9 Å². The van der Waals surface area contributed by atoms with Crippen LogP contribution in [-0.4, -0.2) is 30.9 Å². The van der Waals surface area contributed by atoms with Crippen LogP contribution in [0.3, 0.4) is 0 Å². The van der Waals surface area contributed by atoms with E-state index in [2.05, 4.69) is 15.6 Å². The number of rotatable bonds is 6.